The fraction of sp³-hybridized carbons (Fsp3) is 0.312. The average Bonchev–Trinajstić information content (AvgIpc) is 3.26. The largest absolute Gasteiger partial charge is 0.151 e. The van der Waals surface area contributed by atoms with E-state index in [0.717, 1.165) is 53.7 Å². The minimum absolute atomic E-state index is 0.878. The van der Waals surface area contributed by atoms with Crippen molar-refractivity contribution in [2.45, 2.75) is 66.2 Å². The molecule has 0 N–H and O–H groups in total. The molecule has 0 spiro atoms. The Labute approximate surface area is 204 Å². The third-order valence-corrected chi connectivity index (χ3v) is 6.42. The Morgan fingerprint density at radius 1 is 0.824 bits per heavy atom. The second-order valence-corrected chi connectivity index (χ2v) is 9.12. The van der Waals surface area contributed by atoms with Crippen LogP contribution in [0.3, 0.4) is 0 Å². The minimum Gasteiger partial charge on any atom is -0.151 e. The van der Waals surface area contributed by atoms with Gasteiger partial charge >= 0.3 is 0 Å². The smallest absolute Gasteiger partial charge is 0.0887 e. The highest BCUT2D eigenvalue weighted by Crippen LogP contribution is 2.32. The molecule has 0 saturated heterocycles. The molecular formula is C32H34N2. The second kappa shape index (κ2) is 11.1. The Bertz CT molecular complexity index is 1280. The molecule has 2 nitrogen and oxygen atoms in total. The van der Waals surface area contributed by atoms with E-state index in [1.165, 1.54) is 35.1 Å². The summed E-state index contributed by atoms with van der Waals surface area (Å²) < 4.78 is 0. The van der Waals surface area contributed by atoms with E-state index in [4.69, 9.17) is 0 Å². The van der Waals surface area contributed by atoms with E-state index >= 15 is 0 Å². The number of aryl methyl sites for hydroxylation is 2. The molecule has 0 aromatic heterocycles. The predicted molar refractivity (Wildman–Crippen MR) is 144 cm³/mol. The molecule has 0 atom stereocenters. The molecule has 0 amide bonds. The van der Waals surface area contributed by atoms with Gasteiger partial charge in [0.25, 0.3) is 0 Å². The maximum atomic E-state index is 4.47. The van der Waals surface area contributed by atoms with Crippen molar-refractivity contribution < 1.29 is 0 Å². The Kier molecular flexibility index (Phi) is 7.76. The first-order valence-electron chi connectivity index (χ1n) is 12.6. The zero-order valence-electron chi connectivity index (χ0n) is 20.9. The van der Waals surface area contributed by atoms with Gasteiger partial charge < -0.3 is 0 Å². The average molecular weight is 447 g/mol. The van der Waals surface area contributed by atoms with Crippen LogP contribution < -0.4 is 0 Å². The van der Waals surface area contributed by atoms with E-state index in [2.05, 4.69) is 86.2 Å². The number of hydrogen-bond donors (Lipinski definition) is 0. The van der Waals surface area contributed by atoms with Gasteiger partial charge in [0.15, 0.2) is 0 Å². The van der Waals surface area contributed by atoms with Crippen LogP contribution in [0.1, 0.15) is 79.0 Å². The lowest BCUT2D eigenvalue weighted by Crippen LogP contribution is -1.95. The van der Waals surface area contributed by atoms with Gasteiger partial charge in [-0.2, -0.15) is 10.2 Å². The lowest BCUT2D eigenvalue weighted by Gasteiger charge is -2.08. The van der Waals surface area contributed by atoms with Crippen molar-refractivity contribution in [1.82, 2.24) is 0 Å². The van der Waals surface area contributed by atoms with Crippen LogP contribution in [0.5, 0.6) is 0 Å². The highest BCUT2D eigenvalue weighted by molar-refractivity contribution is 5.70. The summed E-state index contributed by atoms with van der Waals surface area (Å²) in [5, 5.41) is 8.89. The highest BCUT2D eigenvalue weighted by Gasteiger charge is 2.16. The van der Waals surface area contributed by atoms with Gasteiger partial charge in [-0.1, -0.05) is 75.3 Å². The number of rotatable bonds is 7. The molecule has 0 heterocycles. The number of fused-ring (bicyclic) bond motifs is 1. The number of nitrogens with zero attached hydrogens (tertiary/aromatic N) is 2. The van der Waals surface area contributed by atoms with E-state index in [9.17, 15) is 0 Å². The molecule has 0 fully saturated rings. The quantitative estimate of drug-likeness (QED) is 0.255. The summed E-state index contributed by atoms with van der Waals surface area (Å²) in [6.07, 6.45) is 9.15. The van der Waals surface area contributed by atoms with E-state index in [0.29, 0.717) is 0 Å². The van der Waals surface area contributed by atoms with Crippen molar-refractivity contribution in [3.63, 3.8) is 0 Å². The molecule has 0 aliphatic heterocycles. The van der Waals surface area contributed by atoms with Crippen molar-refractivity contribution in [2.24, 2.45) is 10.2 Å². The Balaban J connectivity index is 1.52. The van der Waals surface area contributed by atoms with Crippen LogP contribution in [0.15, 0.2) is 70.4 Å². The number of allylic oxidation sites excluding steroid dienone is 1. The van der Waals surface area contributed by atoms with Crippen LogP contribution in [-0.4, -0.2) is 0 Å². The van der Waals surface area contributed by atoms with E-state index in [1.807, 2.05) is 24.3 Å². The maximum absolute atomic E-state index is 4.47. The van der Waals surface area contributed by atoms with Crippen molar-refractivity contribution in [1.29, 1.82) is 0 Å². The normalized spacial score (nSPS) is 12.4. The summed E-state index contributed by atoms with van der Waals surface area (Å²) in [4.78, 5) is 0. The fourth-order valence-electron chi connectivity index (χ4n) is 4.64. The van der Waals surface area contributed by atoms with Crippen LogP contribution in [0.2, 0.25) is 0 Å². The van der Waals surface area contributed by atoms with Gasteiger partial charge in [-0.05, 0) is 96.8 Å². The molecule has 4 rings (SSSR count). The van der Waals surface area contributed by atoms with Crippen LogP contribution in [0.4, 0.5) is 11.4 Å². The molecule has 0 radical (unpaired) electrons. The number of benzene rings is 3. The third kappa shape index (κ3) is 5.54. The van der Waals surface area contributed by atoms with Gasteiger partial charge in [-0.15, -0.1) is 0 Å². The van der Waals surface area contributed by atoms with Gasteiger partial charge in [-0.25, -0.2) is 0 Å². The number of hydrogen-bond acceptors (Lipinski definition) is 2. The van der Waals surface area contributed by atoms with Crippen molar-refractivity contribution in [3.05, 3.63) is 99.1 Å². The Morgan fingerprint density at radius 2 is 1.62 bits per heavy atom. The second-order valence-electron chi connectivity index (χ2n) is 9.12. The first kappa shape index (κ1) is 23.7. The molecule has 1 aliphatic rings. The van der Waals surface area contributed by atoms with E-state index in [1.54, 1.807) is 5.57 Å². The molecule has 2 heteroatoms. The Hall–Kier alpha value is -3.44. The van der Waals surface area contributed by atoms with Crippen LogP contribution in [-0.2, 0) is 19.3 Å². The molecule has 0 saturated carbocycles. The van der Waals surface area contributed by atoms with Gasteiger partial charge in [-0.3, -0.25) is 0 Å². The van der Waals surface area contributed by atoms with Gasteiger partial charge in [0, 0.05) is 11.1 Å². The third-order valence-electron chi connectivity index (χ3n) is 6.42. The summed E-state index contributed by atoms with van der Waals surface area (Å²) in [6.45, 7) is 8.74. The molecule has 3 aromatic rings. The van der Waals surface area contributed by atoms with E-state index < -0.39 is 0 Å². The topological polar surface area (TPSA) is 24.7 Å². The van der Waals surface area contributed by atoms with Crippen LogP contribution in [0, 0.1) is 18.8 Å². The summed E-state index contributed by atoms with van der Waals surface area (Å²) in [6, 6.07) is 19.0. The van der Waals surface area contributed by atoms with Crippen molar-refractivity contribution >= 4 is 17.5 Å². The molecule has 34 heavy (non-hydrogen) atoms. The van der Waals surface area contributed by atoms with Crippen molar-refractivity contribution in [2.75, 3.05) is 0 Å². The molecular weight excluding hydrogens is 412 g/mol. The van der Waals surface area contributed by atoms with Gasteiger partial charge in [0.1, 0.15) is 0 Å². The maximum Gasteiger partial charge on any atom is 0.0887 e. The molecule has 172 valence electrons. The predicted octanol–water partition coefficient (Wildman–Crippen LogP) is 9.06. The summed E-state index contributed by atoms with van der Waals surface area (Å²) in [7, 11) is 0. The zero-order chi connectivity index (χ0) is 23.9. The lowest BCUT2D eigenvalue weighted by molar-refractivity contribution is 0.886. The first-order chi connectivity index (χ1) is 16.6. The van der Waals surface area contributed by atoms with Gasteiger partial charge in [0.05, 0.1) is 11.4 Å². The lowest BCUT2D eigenvalue weighted by atomic mass is 9.96. The first-order valence-corrected chi connectivity index (χ1v) is 12.6. The highest BCUT2D eigenvalue weighted by atomic mass is 15.1. The monoisotopic (exact) mass is 446 g/mol. The molecule has 1 aliphatic carbocycles. The summed E-state index contributed by atoms with van der Waals surface area (Å²) in [5.41, 5.74) is 12.1. The molecule has 0 bridgehead atoms. The van der Waals surface area contributed by atoms with Crippen molar-refractivity contribution in [3.8, 4) is 11.8 Å². The Morgan fingerprint density at radius 3 is 2.32 bits per heavy atom. The van der Waals surface area contributed by atoms with Crippen LogP contribution in [0.25, 0.3) is 6.08 Å². The minimum atomic E-state index is 0.878. The summed E-state index contributed by atoms with van der Waals surface area (Å²) >= 11 is 0. The number of azo groups is 1. The standard InChI is InChI=1S/C32H34N2/c1-5-8-24-11-17-29(18-12-24)33-34-32-19-13-25(20-23(32)4)10-14-27-15-16-28-21-26(9-6-2)22-31(28)30(27)7-3/h11-13,15-20,22H,5-9,21H2,1-4H3. The molecule has 0 unspecified atom stereocenters. The summed E-state index contributed by atoms with van der Waals surface area (Å²) in [5.74, 6) is 6.82. The molecule has 3 aromatic carbocycles. The van der Waals surface area contributed by atoms with Crippen LogP contribution >= 0.6 is 0 Å². The van der Waals surface area contributed by atoms with E-state index in [-0.39, 0.29) is 0 Å². The fourth-order valence-corrected chi connectivity index (χ4v) is 4.64. The SMILES string of the molecule is CCCC1=Cc2c(ccc(C#Cc3ccc(N=Nc4ccc(CCC)cc4)c(C)c3)c2CC)C1. The van der Waals surface area contributed by atoms with Gasteiger partial charge in [0.2, 0.25) is 0 Å². The zero-order valence-corrected chi connectivity index (χ0v) is 20.9.